The molecule has 232 valence electrons. The molecule has 1 N–H and O–H groups in total. The molecule has 6 heterocycles. The van der Waals surface area contributed by atoms with E-state index in [2.05, 4.69) is 43.7 Å². The van der Waals surface area contributed by atoms with Crippen LogP contribution in [0, 0.1) is 0 Å². The number of nitrogens with zero attached hydrogens (tertiary/aromatic N) is 7. The van der Waals surface area contributed by atoms with Crippen LogP contribution in [0.1, 0.15) is 30.1 Å². The number of aromatic nitrogens is 5. The molecule has 1 aromatic carbocycles. The van der Waals surface area contributed by atoms with Crippen LogP contribution in [0.4, 0.5) is 11.5 Å². The van der Waals surface area contributed by atoms with Crippen LogP contribution in [0.15, 0.2) is 54.0 Å². The Morgan fingerprint density at radius 3 is 2.69 bits per heavy atom. The van der Waals surface area contributed by atoms with Gasteiger partial charge in [0.15, 0.2) is 11.2 Å². The van der Waals surface area contributed by atoms with Crippen molar-refractivity contribution in [2.24, 2.45) is 0 Å². The van der Waals surface area contributed by atoms with Crippen LogP contribution >= 0.6 is 23.2 Å². The van der Waals surface area contributed by atoms with Gasteiger partial charge >= 0.3 is 0 Å². The maximum Gasteiger partial charge on any atom is 0.235 e. The quantitative estimate of drug-likeness (QED) is 0.234. The minimum absolute atomic E-state index is 0.00664. The molecule has 0 bridgehead atoms. The average Bonchev–Trinajstić information content (AvgIpc) is 3.67. The lowest BCUT2D eigenvalue weighted by atomic mass is 10.1. The zero-order valence-electron chi connectivity index (χ0n) is 25.1. The van der Waals surface area contributed by atoms with E-state index in [0.717, 1.165) is 55.2 Å². The van der Waals surface area contributed by atoms with Crippen molar-refractivity contribution in [3.63, 3.8) is 0 Å². The van der Waals surface area contributed by atoms with Crippen LogP contribution in [-0.4, -0.2) is 87.6 Å². The Balaban J connectivity index is 1.22. The summed E-state index contributed by atoms with van der Waals surface area (Å²) in [5, 5.41) is 1.15. The fourth-order valence-electron chi connectivity index (χ4n) is 6.16. The molecule has 2 saturated heterocycles. The molecule has 0 unspecified atom stereocenters. The Hall–Kier alpha value is -4.19. The molecule has 7 rings (SSSR count). The third kappa shape index (κ3) is 5.28. The first kappa shape index (κ1) is 29.5. The summed E-state index contributed by atoms with van der Waals surface area (Å²) in [5.74, 6) is 0.899. The average molecular weight is 648 g/mol. The highest BCUT2D eigenvalue weighted by Gasteiger charge is 2.30. The number of nitrogens with one attached hydrogen (secondary N) is 1. The van der Waals surface area contributed by atoms with Gasteiger partial charge in [0, 0.05) is 37.3 Å². The number of H-pyrrole nitrogens is 1. The molecular formula is C32H32Cl2N8O3. The number of carbonyl (C=O) groups excluding carboxylic acids is 1. The number of benzene rings is 1. The fourth-order valence-corrected chi connectivity index (χ4v) is 6.68. The molecule has 1 atom stereocenters. The predicted octanol–water partition coefficient (Wildman–Crippen LogP) is 4.96. The number of halogens is 2. The SMILES string of the molecule is CC(=O)c1cn(-c2ccc(N3CC(N(C)C)C3)nc2)c2cc(N3CCC[C@@H]3COc3ncc4[nH]cnc4c3Cl)c(Cl)cc2c1=O. The number of ether oxygens (including phenoxy) is 1. The molecule has 4 aromatic heterocycles. The van der Waals surface area contributed by atoms with Crippen LogP contribution in [0.2, 0.25) is 10.0 Å². The first-order valence-corrected chi connectivity index (χ1v) is 15.6. The number of carbonyl (C=O) groups is 1. The summed E-state index contributed by atoms with van der Waals surface area (Å²) < 4.78 is 7.96. The van der Waals surface area contributed by atoms with E-state index in [1.165, 1.54) is 6.92 Å². The van der Waals surface area contributed by atoms with E-state index in [9.17, 15) is 9.59 Å². The van der Waals surface area contributed by atoms with Gasteiger partial charge in [-0.1, -0.05) is 23.2 Å². The molecule has 45 heavy (non-hydrogen) atoms. The molecule has 0 radical (unpaired) electrons. The Morgan fingerprint density at radius 1 is 1.13 bits per heavy atom. The van der Waals surface area contributed by atoms with Crippen LogP contribution in [0.25, 0.3) is 27.6 Å². The number of Topliss-reactive ketones (excluding diaryl/α,β-unsaturated/α-hetero) is 1. The number of ketones is 1. The Morgan fingerprint density at radius 2 is 1.96 bits per heavy atom. The second-order valence-electron chi connectivity index (χ2n) is 11.9. The topological polar surface area (TPSA) is 112 Å². The monoisotopic (exact) mass is 646 g/mol. The largest absolute Gasteiger partial charge is 0.474 e. The van der Waals surface area contributed by atoms with E-state index in [1.807, 2.05) is 22.8 Å². The molecule has 0 aliphatic carbocycles. The van der Waals surface area contributed by atoms with Crippen LogP contribution in [-0.2, 0) is 0 Å². The lowest BCUT2D eigenvalue weighted by Crippen LogP contribution is -2.57. The fraction of sp³-hybridized carbons (Fsp3) is 0.344. The summed E-state index contributed by atoms with van der Waals surface area (Å²) in [6.45, 7) is 4.32. The Bertz CT molecular complexity index is 1990. The summed E-state index contributed by atoms with van der Waals surface area (Å²) in [6.07, 6.45) is 8.42. The van der Waals surface area contributed by atoms with Gasteiger partial charge in [-0.2, -0.15) is 0 Å². The lowest BCUT2D eigenvalue weighted by molar-refractivity contribution is 0.101. The third-order valence-electron chi connectivity index (χ3n) is 8.85. The van der Waals surface area contributed by atoms with Crippen molar-refractivity contribution in [2.75, 3.05) is 50.1 Å². The van der Waals surface area contributed by atoms with E-state index < -0.39 is 0 Å². The van der Waals surface area contributed by atoms with Gasteiger partial charge in [0.2, 0.25) is 5.88 Å². The van der Waals surface area contributed by atoms with Crippen molar-refractivity contribution in [3.8, 4) is 11.6 Å². The third-order valence-corrected chi connectivity index (χ3v) is 9.50. The molecule has 0 amide bonds. The minimum Gasteiger partial charge on any atom is -0.474 e. The van der Waals surface area contributed by atoms with Crippen molar-refractivity contribution in [2.45, 2.75) is 31.8 Å². The summed E-state index contributed by atoms with van der Waals surface area (Å²) >= 11 is 13.4. The van der Waals surface area contributed by atoms with Crippen molar-refractivity contribution in [1.29, 1.82) is 0 Å². The standard InChI is InChI=1S/C32H32Cl2N8O3/c1-18(43)23-15-42(19-6-7-28(35-11-19)40-13-21(14-40)39(2)3)26-10-27(24(33)9-22(26)31(23)44)41-8-4-5-20(41)16-45-32-29(34)30-25(12-36-32)37-17-38-30/h6-7,9-12,15,17,20-21H,4-5,8,13-14,16H2,1-3H3,(H,37,38)/t20-/m1/s1. The van der Waals surface area contributed by atoms with Gasteiger partial charge < -0.3 is 29.0 Å². The van der Waals surface area contributed by atoms with Crippen LogP contribution < -0.4 is 20.0 Å². The molecule has 2 fully saturated rings. The molecule has 13 heteroatoms. The van der Waals surface area contributed by atoms with Gasteiger partial charge in [0.1, 0.15) is 23.0 Å². The normalized spacial score (nSPS) is 17.1. The predicted molar refractivity (Wildman–Crippen MR) is 177 cm³/mol. The van der Waals surface area contributed by atoms with Crippen molar-refractivity contribution in [1.82, 2.24) is 29.4 Å². The molecular weight excluding hydrogens is 615 g/mol. The number of rotatable bonds is 8. The van der Waals surface area contributed by atoms with E-state index in [1.54, 1.807) is 31.0 Å². The maximum atomic E-state index is 13.5. The van der Waals surface area contributed by atoms with Gasteiger partial charge in [-0.15, -0.1) is 0 Å². The van der Waals surface area contributed by atoms with Gasteiger partial charge in [0.05, 0.1) is 57.8 Å². The van der Waals surface area contributed by atoms with Gasteiger partial charge in [-0.05, 0) is 58.1 Å². The molecule has 0 spiro atoms. The molecule has 0 saturated carbocycles. The first-order valence-electron chi connectivity index (χ1n) is 14.8. The molecule has 11 nitrogen and oxygen atoms in total. The smallest absolute Gasteiger partial charge is 0.235 e. The summed E-state index contributed by atoms with van der Waals surface area (Å²) in [5.41, 5.74) is 3.24. The minimum atomic E-state index is -0.349. The van der Waals surface area contributed by atoms with E-state index in [4.69, 9.17) is 32.9 Å². The number of hydrogen-bond donors (Lipinski definition) is 1. The van der Waals surface area contributed by atoms with Gasteiger partial charge in [-0.25, -0.2) is 15.0 Å². The number of hydrogen-bond acceptors (Lipinski definition) is 9. The van der Waals surface area contributed by atoms with E-state index in [-0.39, 0.29) is 22.8 Å². The molecule has 2 aliphatic heterocycles. The highest BCUT2D eigenvalue weighted by molar-refractivity contribution is 6.36. The summed E-state index contributed by atoms with van der Waals surface area (Å²) in [4.78, 5) is 49.0. The lowest BCUT2D eigenvalue weighted by Gasteiger charge is -2.43. The second kappa shape index (κ2) is 11.6. The molecule has 5 aromatic rings. The van der Waals surface area contributed by atoms with E-state index in [0.29, 0.717) is 45.0 Å². The highest BCUT2D eigenvalue weighted by atomic mass is 35.5. The van der Waals surface area contributed by atoms with Crippen molar-refractivity contribution >= 4 is 62.4 Å². The molecule has 2 aliphatic rings. The number of anilines is 2. The Kier molecular flexibility index (Phi) is 7.63. The summed E-state index contributed by atoms with van der Waals surface area (Å²) in [6, 6.07) is 8.03. The van der Waals surface area contributed by atoms with Gasteiger partial charge in [-0.3, -0.25) is 9.59 Å². The van der Waals surface area contributed by atoms with Crippen molar-refractivity contribution in [3.05, 3.63) is 75.0 Å². The first-order chi connectivity index (χ1) is 21.7. The zero-order valence-corrected chi connectivity index (χ0v) is 26.6. The number of pyridine rings is 3. The van der Waals surface area contributed by atoms with Crippen LogP contribution in [0.3, 0.4) is 0 Å². The number of fused-ring (bicyclic) bond motifs is 2. The maximum absolute atomic E-state index is 13.5. The zero-order chi connectivity index (χ0) is 31.4. The van der Waals surface area contributed by atoms with Gasteiger partial charge in [0.25, 0.3) is 0 Å². The highest BCUT2D eigenvalue weighted by Crippen LogP contribution is 2.36. The number of likely N-dealkylation sites (N-methyl/N-ethyl adjacent to an activating group) is 1. The number of aromatic amines is 1. The second-order valence-corrected chi connectivity index (χ2v) is 12.6. The van der Waals surface area contributed by atoms with E-state index >= 15 is 0 Å². The van der Waals surface area contributed by atoms with Crippen LogP contribution in [0.5, 0.6) is 5.88 Å². The number of imidazole rings is 1. The Labute approximate surface area is 269 Å². The van der Waals surface area contributed by atoms with Crippen molar-refractivity contribution < 1.29 is 9.53 Å². The summed E-state index contributed by atoms with van der Waals surface area (Å²) in [7, 11) is 4.16.